The van der Waals surface area contributed by atoms with Crippen molar-refractivity contribution in [3.8, 4) is 0 Å². The number of nitrogens with zero attached hydrogens (tertiary/aromatic N) is 3. The standard InChI is InChI=1S/C20H22N4/c1-14-10-11-15(2)18(12-14)23-19-13-20(22-16(3)21-19)24(4)17-8-6-5-7-9-17/h5-13H,1-4H3,(H,21,22,23). The molecule has 0 saturated carbocycles. The molecule has 0 saturated heterocycles. The average molecular weight is 318 g/mol. The summed E-state index contributed by atoms with van der Waals surface area (Å²) < 4.78 is 0. The van der Waals surface area contributed by atoms with Crippen molar-refractivity contribution in [3.63, 3.8) is 0 Å². The fourth-order valence-electron chi connectivity index (χ4n) is 2.58. The summed E-state index contributed by atoms with van der Waals surface area (Å²) in [4.78, 5) is 11.2. The SMILES string of the molecule is Cc1ccc(C)c(Nc2cc(N(C)c3ccccc3)nc(C)n2)c1. The van der Waals surface area contributed by atoms with E-state index in [9.17, 15) is 0 Å². The minimum atomic E-state index is 0.739. The van der Waals surface area contributed by atoms with Crippen molar-refractivity contribution in [1.29, 1.82) is 0 Å². The molecule has 0 unspecified atom stereocenters. The van der Waals surface area contributed by atoms with Gasteiger partial charge in [-0.15, -0.1) is 0 Å². The molecule has 0 spiro atoms. The fraction of sp³-hybridized carbons (Fsp3) is 0.200. The van der Waals surface area contributed by atoms with Crippen LogP contribution in [0.4, 0.5) is 23.0 Å². The molecule has 24 heavy (non-hydrogen) atoms. The van der Waals surface area contributed by atoms with E-state index in [4.69, 9.17) is 0 Å². The molecule has 0 aliphatic carbocycles. The molecule has 3 aromatic rings. The van der Waals surface area contributed by atoms with Crippen LogP contribution in [0.5, 0.6) is 0 Å². The summed E-state index contributed by atoms with van der Waals surface area (Å²) in [7, 11) is 2.01. The number of hydrogen-bond acceptors (Lipinski definition) is 4. The lowest BCUT2D eigenvalue weighted by atomic mass is 10.1. The van der Waals surface area contributed by atoms with E-state index >= 15 is 0 Å². The molecule has 4 heteroatoms. The molecule has 0 aliphatic rings. The van der Waals surface area contributed by atoms with Crippen LogP contribution in [0.15, 0.2) is 54.6 Å². The molecular weight excluding hydrogens is 296 g/mol. The van der Waals surface area contributed by atoms with Gasteiger partial charge in [0.1, 0.15) is 17.5 Å². The zero-order valence-electron chi connectivity index (χ0n) is 14.5. The summed E-state index contributed by atoms with van der Waals surface area (Å²) in [6.07, 6.45) is 0. The molecule has 1 heterocycles. The van der Waals surface area contributed by atoms with E-state index in [1.165, 1.54) is 11.1 Å². The second kappa shape index (κ2) is 6.71. The third-order valence-corrected chi connectivity index (χ3v) is 3.97. The van der Waals surface area contributed by atoms with Crippen LogP contribution in [0.1, 0.15) is 17.0 Å². The van der Waals surface area contributed by atoms with Gasteiger partial charge in [0.25, 0.3) is 0 Å². The summed E-state index contributed by atoms with van der Waals surface area (Å²) in [5, 5.41) is 3.42. The minimum absolute atomic E-state index is 0.739. The molecule has 122 valence electrons. The highest BCUT2D eigenvalue weighted by atomic mass is 15.2. The molecule has 0 bridgehead atoms. The van der Waals surface area contributed by atoms with Crippen LogP contribution in [-0.2, 0) is 0 Å². The Labute approximate surface area is 143 Å². The number of nitrogens with one attached hydrogen (secondary N) is 1. The fourth-order valence-corrected chi connectivity index (χ4v) is 2.58. The molecular formula is C20H22N4. The lowest BCUT2D eigenvalue weighted by Gasteiger charge is -2.19. The first-order chi connectivity index (χ1) is 11.5. The number of para-hydroxylation sites is 1. The second-order valence-corrected chi connectivity index (χ2v) is 6.00. The molecule has 0 radical (unpaired) electrons. The van der Waals surface area contributed by atoms with E-state index in [1.54, 1.807) is 0 Å². The maximum atomic E-state index is 4.57. The zero-order chi connectivity index (χ0) is 17.1. The van der Waals surface area contributed by atoms with E-state index in [1.807, 2.05) is 38.2 Å². The van der Waals surface area contributed by atoms with Gasteiger partial charge in [0, 0.05) is 24.5 Å². The van der Waals surface area contributed by atoms with Gasteiger partial charge in [-0.2, -0.15) is 0 Å². The monoisotopic (exact) mass is 318 g/mol. The van der Waals surface area contributed by atoms with E-state index in [2.05, 4.69) is 64.4 Å². The zero-order valence-corrected chi connectivity index (χ0v) is 14.5. The largest absolute Gasteiger partial charge is 0.340 e. The van der Waals surface area contributed by atoms with Crippen LogP contribution in [0.3, 0.4) is 0 Å². The Kier molecular flexibility index (Phi) is 4.47. The van der Waals surface area contributed by atoms with Crippen LogP contribution in [0.25, 0.3) is 0 Å². The summed E-state index contributed by atoms with van der Waals surface area (Å²) >= 11 is 0. The highest BCUT2D eigenvalue weighted by Gasteiger charge is 2.09. The van der Waals surface area contributed by atoms with Gasteiger partial charge in [-0.25, -0.2) is 9.97 Å². The van der Waals surface area contributed by atoms with E-state index in [0.717, 1.165) is 28.8 Å². The normalized spacial score (nSPS) is 10.5. The first kappa shape index (κ1) is 16.0. The van der Waals surface area contributed by atoms with E-state index in [0.29, 0.717) is 0 Å². The third kappa shape index (κ3) is 3.54. The molecule has 0 atom stereocenters. The van der Waals surface area contributed by atoms with Gasteiger partial charge in [-0.3, -0.25) is 0 Å². The van der Waals surface area contributed by atoms with Crippen molar-refractivity contribution >= 4 is 23.0 Å². The average Bonchev–Trinajstić information content (AvgIpc) is 2.58. The number of aryl methyl sites for hydroxylation is 3. The van der Waals surface area contributed by atoms with Crippen LogP contribution < -0.4 is 10.2 Å². The van der Waals surface area contributed by atoms with Gasteiger partial charge < -0.3 is 10.2 Å². The minimum Gasteiger partial charge on any atom is -0.340 e. The lowest BCUT2D eigenvalue weighted by molar-refractivity contribution is 1.02. The molecule has 0 aliphatic heterocycles. The first-order valence-electron chi connectivity index (χ1n) is 8.01. The van der Waals surface area contributed by atoms with Crippen LogP contribution in [0.2, 0.25) is 0 Å². The molecule has 1 N–H and O–H groups in total. The molecule has 0 amide bonds. The number of hydrogen-bond donors (Lipinski definition) is 1. The van der Waals surface area contributed by atoms with Crippen LogP contribution >= 0.6 is 0 Å². The van der Waals surface area contributed by atoms with Gasteiger partial charge in [-0.05, 0) is 50.1 Å². The van der Waals surface area contributed by atoms with Gasteiger partial charge in [0.05, 0.1) is 0 Å². The van der Waals surface area contributed by atoms with Gasteiger partial charge in [0.2, 0.25) is 0 Å². The number of benzene rings is 2. The second-order valence-electron chi connectivity index (χ2n) is 6.00. The quantitative estimate of drug-likeness (QED) is 0.742. The summed E-state index contributed by atoms with van der Waals surface area (Å²) in [5.74, 6) is 2.40. The molecule has 1 aromatic heterocycles. The van der Waals surface area contributed by atoms with E-state index < -0.39 is 0 Å². The Morgan fingerprint density at radius 3 is 2.38 bits per heavy atom. The van der Waals surface area contributed by atoms with Crippen LogP contribution in [0, 0.1) is 20.8 Å². The smallest absolute Gasteiger partial charge is 0.138 e. The number of anilines is 4. The van der Waals surface area contributed by atoms with Crippen LogP contribution in [-0.4, -0.2) is 17.0 Å². The summed E-state index contributed by atoms with van der Waals surface area (Å²) in [6.45, 7) is 6.09. The van der Waals surface area contributed by atoms with Crippen molar-refractivity contribution in [2.24, 2.45) is 0 Å². The molecule has 4 nitrogen and oxygen atoms in total. The number of aromatic nitrogens is 2. The Morgan fingerprint density at radius 1 is 0.875 bits per heavy atom. The molecule has 0 fully saturated rings. The maximum Gasteiger partial charge on any atom is 0.138 e. The van der Waals surface area contributed by atoms with Gasteiger partial charge in [-0.1, -0.05) is 30.3 Å². The summed E-state index contributed by atoms with van der Waals surface area (Å²) in [6, 6.07) is 18.5. The number of rotatable bonds is 4. The predicted octanol–water partition coefficient (Wildman–Crippen LogP) is 4.91. The maximum absolute atomic E-state index is 4.57. The Bertz CT molecular complexity index is 844. The molecule has 2 aromatic carbocycles. The Hall–Kier alpha value is -2.88. The lowest BCUT2D eigenvalue weighted by Crippen LogP contribution is -2.13. The van der Waals surface area contributed by atoms with Crippen molar-refractivity contribution in [1.82, 2.24) is 9.97 Å². The topological polar surface area (TPSA) is 41.0 Å². The Morgan fingerprint density at radius 2 is 1.62 bits per heavy atom. The van der Waals surface area contributed by atoms with Crippen molar-refractivity contribution in [2.45, 2.75) is 20.8 Å². The van der Waals surface area contributed by atoms with Gasteiger partial charge in [0.15, 0.2) is 0 Å². The predicted molar refractivity (Wildman–Crippen MR) is 100 cm³/mol. The first-order valence-corrected chi connectivity index (χ1v) is 8.01. The van der Waals surface area contributed by atoms with Crippen molar-refractivity contribution in [2.75, 3.05) is 17.3 Å². The van der Waals surface area contributed by atoms with Crippen molar-refractivity contribution < 1.29 is 0 Å². The summed E-state index contributed by atoms with van der Waals surface area (Å²) in [5.41, 5.74) is 4.57. The van der Waals surface area contributed by atoms with Crippen molar-refractivity contribution in [3.05, 3.63) is 71.5 Å². The highest BCUT2D eigenvalue weighted by Crippen LogP contribution is 2.26. The Balaban J connectivity index is 1.93. The third-order valence-electron chi connectivity index (χ3n) is 3.97. The highest BCUT2D eigenvalue weighted by molar-refractivity contribution is 5.66. The van der Waals surface area contributed by atoms with E-state index in [-0.39, 0.29) is 0 Å². The molecule has 3 rings (SSSR count). The van der Waals surface area contributed by atoms with Gasteiger partial charge >= 0.3 is 0 Å².